The first kappa shape index (κ1) is 13.2. The number of nitrogens with zero attached hydrogens (tertiary/aromatic N) is 1. The molecule has 1 N–H and O–H groups in total. The Kier molecular flexibility index (Phi) is 4.69. The summed E-state index contributed by atoms with van der Waals surface area (Å²) in [6, 6.07) is 7.31. The molecule has 0 aliphatic carbocycles. The van der Waals surface area contributed by atoms with E-state index in [1.807, 2.05) is 31.1 Å². The topological polar surface area (TPSA) is 49.4 Å². The van der Waals surface area contributed by atoms with E-state index < -0.39 is 0 Å². The van der Waals surface area contributed by atoms with E-state index in [1.54, 1.807) is 19.1 Å². The molecule has 0 aliphatic rings. The Balaban J connectivity index is 2.61. The monoisotopic (exact) mass is 234 g/mol. The second-order valence-electron chi connectivity index (χ2n) is 3.99. The lowest BCUT2D eigenvalue weighted by atomic mass is 10.1. The fraction of sp³-hybridized carbons (Fsp3) is 0.385. The summed E-state index contributed by atoms with van der Waals surface area (Å²) in [5.41, 5.74) is 1.66. The largest absolute Gasteiger partial charge is 0.378 e. The Morgan fingerprint density at radius 2 is 1.76 bits per heavy atom. The fourth-order valence-corrected chi connectivity index (χ4v) is 1.35. The van der Waals surface area contributed by atoms with Crippen LogP contribution >= 0.6 is 0 Å². The summed E-state index contributed by atoms with van der Waals surface area (Å²) < 4.78 is 0. The number of hydrogen-bond donors (Lipinski definition) is 1. The molecule has 0 unspecified atom stereocenters. The van der Waals surface area contributed by atoms with Gasteiger partial charge in [-0.05, 0) is 24.3 Å². The second-order valence-corrected chi connectivity index (χ2v) is 3.99. The van der Waals surface area contributed by atoms with Gasteiger partial charge in [-0.25, -0.2) is 0 Å². The van der Waals surface area contributed by atoms with Crippen LogP contribution in [0.5, 0.6) is 0 Å². The molecule has 0 heterocycles. The maximum absolute atomic E-state index is 11.7. The van der Waals surface area contributed by atoms with Crippen LogP contribution in [0, 0.1) is 0 Å². The van der Waals surface area contributed by atoms with Crippen LogP contribution in [0.25, 0.3) is 0 Å². The van der Waals surface area contributed by atoms with Gasteiger partial charge < -0.3 is 10.2 Å². The van der Waals surface area contributed by atoms with Gasteiger partial charge in [0.05, 0.1) is 6.54 Å². The Morgan fingerprint density at radius 3 is 2.24 bits per heavy atom. The minimum Gasteiger partial charge on any atom is -0.378 e. The number of hydrogen-bond acceptors (Lipinski definition) is 3. The maximum Gasteiger partial charge on any atom is 0.220 e. The van der Waals surface area contributed by atoms with E-state index >= 15 is 0 Å². The molecule has 92 valence electrons. The first-order chi connectivity index (χ1) is 8.04. The molecule has 4 heteroatoms. The van der Waals surface area contributed by atoms with Crippen LogP contribution in [0.1, 0.15) is 23.7 Å². The summed E-state index contributed by atoms with van der Waals surface area (Å²) in [7, 11) is 3.89. The van der Waals surface area contributed by atoms with E-state index in [1.165, 1.54) is 0 Å². The van der Waals surface area contributed by atoms with Gasteiger partial charge in [-0.1, -0.05) is 6.92 Å². The number of Topliss-reactive ketones (excluding diaryl/α,β-unsaturated/α-hetero) is 1. The standard InChI is InChI=1S/C13H18N2O2/c1-4-13(17)14-9-12(16)10-5-7-11(8-6-10)15(2)3/h5-8H,4,9H2,1-3H3,(H,14,17). The van der Waals surface area contributed by atoms with Gasteiger partial charge in [-0.2, -0.15) is 0 Å². The van der Waals surface area contributed by atoms with Crippen LogP contribution < -0.4 is 10.2 Å². The molecule has 1 aromatic carbocycles. The Bertz CT molecular complexity index is 396. The first-order valence-corrected chi connectivity index (χ1v) is 5.62. The van der Waals surface area contributed by atoms with Crippen molar-refractivity contribution in [2.24, 2.45) is 0 Å². The van der Waals surface area contributed by atoms with Crippen LogP contribution in [0.2, 0.25) is 0 Å². The number of nitrogens with one attached hydrogen (secondary N) is 1. The molecule has 1 amide bonds. The normalized spacial score (nSPS) is 9.82. The lowest BCUT2D eigenvalue weighted by Crippen LogP contribution is -2.28. The van der Waals surface area contributed by atoms with Crippen LogP contribution in [0.15, 0.2) is 24.3 Å². The van der Waals surface area contributed by atoms with Gasteiger partial charge in [0.15, 0.2) is 5.78 Å². The van der Waals surface area contributed by atoms with Crippen molar-refractivity contribution < 1.29 is 9.59 Å². The molecule has 0 spiro atoms. The molecule has 1 aromatic rings. The molecule has 0 bridgehead atoms. The number of amides is 1. The van der Waals surface area contributed by atoms with E-state index in [4.69, 9.17) is 0 Å². The Hall–Kier alpha value is -1.84. The Morgan fingerprint density at radius 1 is 1.18 bits per heavy atom. The summed E-state index contributed by atoms with van der Waals surface area (Å²) in [6.07, 6.45) is 0.396. The van der Waals surface area contributed by atoms with Gasteiger partial charge in [0.1, 0.15) is 0 Å². The van der Waals surface area contributed by atoms with Crippen LogP contribution in [-0.4, -0.2) is 32.3 Å². The molecule has 0 aliphatic heterocycles. The summed E-state index contributed by atoms with van der Waals surface area (Å²) in [6.45, 7) is 1.82. The van der Waals surface area contributed by atoms with Gasteiger partial charge in [0, 0.05) is 31.8 Å². The van der Waals surface area contributed by atoms with Gasteiger partial charge in [0.25, 0.3) is 0 Å². The number of carbonyl (C=O) groups is 2. The molecule has 0 radical (unpaired) electrons. The molecular formula is C13H18N2O2. The van der Waals surface area contributed by atoms with Crippen molar-refractivity contribution in [1.29, 1.82) is 0 Å². The van der Waals surface area contributed by atoms with Gasteiger partial charge in [-0.3, -0.25) is 9.59 Å². The van der Waals surface area contributed by atoms with Crippen molar-refractivity contribution >= 4 is 17.4 Å². The quantitative estimate of drug-likeness (QED) is 0.785. The average Bonchev–Trinajstić information content (AvgIpc) is 2.35. The average molecular weight is 234 g/mol. The highest BCUT2D eigenvalue weighted by molar-refractivity contribution is 5.99. The molecule has 0 fully saturated rings. The molecule has 0 saturated carbocycles. The fourth-order valence-electron chi connectivity index (χ4n) is 1.35. The SMILES string of the molecule is CCC(=O)NCC(=O)c1ccc(N(C)C)cc1. The van der Waals surface area contributed by atoms with Gasteiger partial charge in [0.2, 0.25) is 5.91 Å². The van der Waals surface area contributed by atoms with Crippen molar-refractivity contribution in [3.8, 4) is 0 Å². The number of ketones is 1. The highest BCUT2D eigenvalue weighted by Crippen LogP contribution is 2.12. The zero-order chi connectivity index (χ0) is 12.8. The molecule has 0 saturated heterocycles. The van der Waals surface area contributed by atoms with E-state index in [0.717, 1.165) is 5.69 Å². The minimum absolute atomic E-state index is 0.0635. The number of benzene rings is 1. The van der Waals surface area contributed by atoms with Gasteiger partial charge >= 0.3 is 0 Å². The second kappa shape index (κ2) is 6.03. The summed E-state index contributed by atoms with van der Waals surface area (Å²) >= 11 is 0. The van der Waals surface area contributed by atoms with Crippen molar-refractivity contribution in [2.75, 3.05) is 25.5 Å². The van der Waals surface area contributed by atoms with E-state index in [0.29, 0.717) is 12.0 Å². The smallest absolute Gasteiger partial charge is 0.220 e. The lowest BCUT2D eigenvalue weighted by Gasteiger charge is -2.12. The summed E-state index contributed by atoms with van der Waals surface area (Å²) in [5, 5.41) is 2.57. The zero-order valence-corrected chi connectivity index (χ0v) is 10.5. The maximum atomic E-state index is 11.7. The first-order valence-electron chi connectivity index (χ1n) is 5.62. The third-order valence-corrected chi connectivity index (χ3v) is 2.47. The summed E-state index contributed by atoms with van der Waals surface area (Å²) in [5.74, 6) is -0.180. The van der Waals surface area contributed by atoms with Crippen molar-refractivity contribution in [1.82, 2.24) is 5.32 Å². The van der Waals surface area contributed by atoms with Crippen LogP contribution in [0.3, 0.4) is 0 Å². The highest BCUT2D eigenvalue weighted by Gasteiger charge is 2.07. The van der Waals surface area contributed by atoms with Gasteiger partial charge in [-0.15, -0.1) is 0 Å². The molecule has 0 atom stereocenters. The minimum atomic E-state index is -0.108. The summed E-state index contributed by atoms with van der Waals surface area (Å²) in [4.78, 5) is 24.7. The predicted octanol–water partition coefficient (Wildman–Crippen LogP) is 1.46. The zero-order valence-electron chi connectivity index (χ0n) is 10.5. The van der Waals surface area contributed by atoms with E-state index in [2.05, 4.69) is 5.32 Å². The lowest BCUT2D eigenvalue weighted by molar-refractivity contribution is -0.120. The predicted molar refractivity (Wildman–Crippen MR) is 68.4 cm³/mol. The van der Waals surface area contributed by atoms with E-state index in [-0.39, 0.29) is 18.2 Å². The number of anilines is 1. The molecule has 17 heavy (non-hydrogen) atoms. The van der Waals surface area contributed by atoms with Crippen molar-refractivity contribution in [2.45, 2.75) is 13.3 Å². The number of carbonyl (C=O) groups excluding carboxylic acids is 2. The van der Waals surface area contributed by atoms with E-state index in [9.17, 15) is 9.59 Å². The van der Waals surface area contributed by atoms with Crippen molar-refractivity contribution in [3.05, 3.63) is 29.8 Å². The molecule has 0 aromatic heterocycles. The van der Waals surface area contributed by atoms with Crippen LogP contribution in [-0.2, 0) is 4.79 Å². The Labute approximate surface area is 102 Å². The number of rotatable bonds is 5. The molecule has 1 rings (SSSR count). The third-order valence-electron chi connectivity index (χ3n) is 2.47. The highest BCUT2D eigenvalue weighted by atomic mass is 16.2. The molecule has 4 nitrogen and oxygen atoms in total. The van der Waals surface area contributed by atoms with Crippen molar-refractivity contribution in [3.63, 3.8) is 0 Å². The van der Waals surface area contributed by atoms with Crippen LogP contribution in [0.4, 0.5) is 5.69 Å². The molecular weight excluding hydrogens is 216 g/mol. The third kappa shape index (κ3) is 3.90.